The van der Waals surface area contributed by atoms with Gasteiger partial charge in [0, 0.05) is 16.8 Å². The molecular formula is C13H12ClF3N2OS. The van der Waals surface area contributed by atoms with Crippen molar-refractivity contribution in [1.82, 2.24) is 4.98 Å². The highest BCUT2D eigenvalue weighted by Gasteiger charge is 2.34. The average molecular weight is 337 g/mol. The minimum absolute atomic E-state index is 0.170. The third-order valence-corrected chi connectivity index (χ3v) is 3.69. The summed E-state index contributed by atoms with van der Waals surface area (Å²) in [5.74, 6) is -0.170. The van der Waals surface area contributed by atoms with Crippen molar-refractivity contribution >= 4 is 28.6 Å². The number of rotatable bonds is 5. The first-order valence-corrected chi connectivity index (χ1v) is 7.27. The zero-order chi connectivity index (χ0) is 15.5. The summed E-state index contributed by atoms with van der Waals surface area (Å²) in [5.41, 5.74) is -0.438. The number of hydrogen-bond donors (Lipinski definition) is 1. The zero-order valence-electron chi connectivity index (χ0n) is 11.0. The molecule has 0 saturated carbocycles. The molecule has 114 valence electrons. The van der Waals surface area contributed by atoms with Crippen LogP contribution in [0.4, 0.5) is 18.9 Å². The van der Waals surface area contributed by atoms with Crippen LogP contribution in [0.1, 0.15) is 17.4 Å². The predicted octanol–water partition coefficient (Wildman–Crippen LogP) is 4.83. The Morgan fingerprint density at radius 3 is 2.71 bits per heavy atom. The molecule has 0 saturated heterocycles. The molecular weight excluding hydrogens is 325 g/mol. The number of aromatic nitrogens is 1. The second kappa shape index (κ2) is 6.53. The van der Waals surface area contributed by atoms with Crippen molar-refractivity contribution in [2.45, 2.75) is 19.6 Å². The number of anilines is 1. The molecule has 0 radical (unpaired) electrons. The number of halogens is 4. The van der Waals surface area contributed by atoms with Gasteiger partial charge < -0.3 is 10.1 Å². The van der Waals surface area contributed by atoms with E-state index in [2.05, 4.69) is 10.3 Å². The van der Waals surface area contributed by atoms with Gasteiger partial charge in [0.1, 0.15) is 5.75 Å². The predicted molar refractivity (Wildman–Crippen MR) is 77.1 cm³/mol. The molecule has 0 aliphatic rings. The molecule has 2 rings (SSSR count). The molecule has 0 aliphatic heterocycles. The summed E-state index contributed by atoms with van der Waals surface area (Å²) in [7, 11) is 0. The lowest BCUT2D eigenvalue weighted by molar-refractivity contribution is -0.138. The summed E-state index contributed by atoms with van der Waals surface area (Å²) < 4.78 is 44.4. The summed E-state index contributed by atoms with van der Waals surface area (Å²) in [6.45, 7) is 2.17. The summed E-state index contributed by atoms with van der Waals surface area (Å²) >= 11 is 6.97. The van der Waals surface area contributed by atoms with Crippen molar-refractivity contribution in [2.24, 2.45) is 0 Å². The van der Waals surface area contributed by atoms with Gasteiger partial charge in [-0.05, 0) is 25.1 Å². The van der Waals surface area contributed by atoms with Crippen molar-refractivity contribution in [3.63, 3.8) is 0 Å². The number of nitrogens with zero attached hydrogens (tertiary/aromatic N) is 1. The minimum Gasteiger partial charge on any atom is -0.493 e. The van der Waals surface area contributed by atoms with Crippen molar-refractivity contribution in [3.05, 3.63) is 39.3 Å². The fourth-order valence-electron chi connectivity index (χ4n) is 1.70. The van der Waals surface area contributed by atoms with E-state index in [0.717, 1.165) is 10.9 Å². The topological polar surface area (TPSA) is 34.1 Å². The largest absolute Gasteiger partial charge is 0.493 e. The molecule has 1 aromatic carbocycles. The van der Waals surface area contributed by atoms with Gasteiger partial charge in [-0.1, -0.05) is 11.6 Å². The first-order chi connectivity index (χ1) is 9.90. The molecule has 1 heterocycles. The molecule has 8 heteroatoms. The van der Waals surface area contributed by atoms with Crippen LogP contribution in [0, 0.1) is 0 Å². The fraction of sp³-hybridized carbons (Fsp3) is 0.308. The smallest absolute Gasteiger partial charge is 0.420 e. The Balaban J connectivity index is 2.17. The highest BCUT2D eigenvalue weighted by molar-refractivity contribution is 7.15. The molecule has 3 nitrogen and oxygen atoms in total. The van der Waals surface area contributed by atoms with E-state index in [1.165, 1.54) is 17.4 Å². The number of hydrogen-bond acceptors (Lipinski definition) is 4. The molecule has 0 unspecified atom stereocenters. The van der Waals surface area contributed by atoms with Crippen molar-refractivity contribution in [3.8, 4) is 5.75 Å². The van der Waals surface area contributed by atoms with E-state index in [4.69, 9.17) is 16.3 Å². The Bertz CT molecular complexity index is 616. The van der Waals surface area contributed by atoms with Crippen molar-refractivity contribution in [2.75, 3.05) is 11.9 Å². The third kappa shape index (κ3) is 4.25. The van der Waals surface area contributed by atoms with E-state index in [-0.39, 0.29) is 12.4 Å². The molecule has 21 heavy (non-hydrogen) atoms. The second-order valence-corrected chi connectivity index (χ2v) is 5.77. The Hall–Kier alpha value is -1.47. The van der Waals surface area contributed by atoms with Gasteiger partial charge in [-0.2, -0.15) is 13.2 Å². The summed E-state index contributed by atoms with van der Waals surface area (Å²) in [6, 6.07) is 3.89. The molecule has 1 aromatic heterocycles. The standard InChI is InChI=1S/C13H12ClF3N2OS/c1-2-20-11-4-3-8(5-10(11)13(15,16)17)18-6-9-7-19-12(14)21-9/h3-5,7,18H,2,6H2,1H3. The van der Waals surface area contributed by atoms with Gasteiger partial charge in [-0.3, -0.25) is 0 Å². The van der Waals surface area contributed by atoms with Gasteiger partial charge >= 0.3 is 6.18 Å². The molecule has 0 fully saturated rings. The van der Waals surface area contributed by atoms with E-state index in [0.29, 0.717) is 16.7 Å². The molecule has 0 bridgehead atoms. The van der Waals surface area contributed by atoms with Crippen LogP contribution in [-0.4, -0.2) is 11.6 Å². The maximum absolute atomic E-state index is 13.0. The second-order valence-electron chi connectivity index (χ2n) is 4.07. The first-order valence-electron chi connectivity index (χ1n) is 6.08. The maximum atomic E-state index is 13.0. The third-order valence-electron chi connectivity index (χ3n) is 2.58. The number of alkyl halides is 3. The van der Waals surface area contributed by atoms with E-state index < -0.39 is 11.7 Å². The Morgan fingerprint density at radius 1 is 1.38 bits per heavy atom. The summed E-state index contributed by atoms with van der Waals surface area (Å²) in [6.07, 6.45) is -2.88. The molecule has 1 N–H and O–H groups in total. The summed E-state index contributed by atoms with van der Waals surface area (Å²) in [5, 5.41) is 2.91. The van der Waals surface area contributed by atoms with Crippen LogP contribution in [0.5, 0.6) is 5.75 Å². The molecule has 0 atom stereocenters. The van der Waals surface area contributed by atoms with Gasteiger partial charge in [0.25, 0.3) is 0 Å². The summed E-state index contributed by atoms with van der Waals surface area (Å²) in [4.78, 5) is 4.70. The Kier molecular flexibility index (Phi) is 4.95. The Labute approximate surface area is 128 Å². The fourth-order valence-corrected chi connectivity index (χ4v) is 2.61. The number of ether oxygens (including phenoxy) is 1. The van der Waals surface area contributed by atoms with Gasteiger partial charge in [0.05, 0.1) is 18.7 Å². The first kappa shape index (κ1) is 15.9. The molecule has 2 aromatic rings. The van der Waals surface area contributed by atoms with Crippen LogP contribution in [0.25, 0.3) is 0 Å². The van der Waals surface area contributed by atoms with Crippen molar-refractivity contribution in [1.29, 1.82) is 0 Å². The van der Waals surface area contributed by atoms with Crippen LogP contribution in [0.3, 0.4) is 0 Å². The SMILES string of the molecule is CCOc1ccc(NCc2cnc(Cl)s2)cc1C(F)(F)F. The van der Waals surface area contributed by atoms with Crippen LogP contribution in [0.15, 0.2) is 24.4 Å². The van der Waals surface area contributed by atoms with Crippen LogP contribution in [0.2, 0.25) is 4.47 Å². The quantitative estimate of drug-likeness (QED) is 0.849. The Morgan fingerprint density at radius 2 is 2.14 bits per heavy atom. The zero-order valence-corrected chi connectivity index (χ0v) is 12.6. The van der Waals surface area contributed by atoms with E-state index in [9.17, 15) is 13.2 Å². The molecule has 0 amide bonds. The van der Waals surface area contributed by atoms with Gasteiger partial charge in [0.15, 0.2) is 4.47 Å². The highest BCUT2D eigenvalue weighted by atomic mass is 35.5. The lowest BCUT2D eigenvalue weighted by Gasteiger charge is -2.15. The van der Waals surface area contributed by atoms with Gasteiger partial charge in [0.2, 0.25) is 0 Å². The molecule has 0 spiro atoms. The normalized spacial score (nSPS) is 11.5. The highest BCUT2D eigenvalue weighted by Crippen LogP contribution is 2.38. The lowest BCUT2D eigenvalue weighted by Crippen LogP contribution is -2.10. The van der Waals surface area contributed by atoms with Crippen LogP contribution >= 0.6 is 22.9 Å². The van der Waals surface area contributed by atoms with Crippen LogP contribution in [-0.2, 0) is 12.7 Å². The van der Waals surface area contributed by atoms with E-state index in [1.54, 1.807) is 19.2 Å². The van der Waals surface area contributed by atoms with Gasteiger partial charge in [-0.25, -0.2) is 4.98 Å². The lowest BCUT2D eigenvalue weighted by atomic mass is 10.1. The maximum Gasteiger partial charge on any atom is 0.420 e. The number of benzene rings is 1. The van der Waals surface area contributed by atoms with Crippen LogP contribution < -0.4 is 10.1 Å². The van der Waals surface area contributed by atoms with Gasteiger partial charge in [-0.15, -0.1) is 11.3 Å². The van der Waals surface area contributed by atoms with E-state index >= 15 is 0 Å². The minimum atomic E-state index is -4.46. The van der Waals surface area contributed by atoms with E-state index in [1.807, 2.05) is 0 Å². The monoisotopic (exact) mass is 336 g/mol. The van der Waals surface area contributed by atoms with Crippen molar-refractivity contribution < 1.29 is 17.9 Å². The molecule has 0 aliphatic carbocycles. The average Bonchev–Trinajstić information content (AvgIpc) is 2.82. The number of thiazole rings is 1. The number of nitrogens with one attached hydrogen (secondary N) is 1.